The second kappa shape index (κ2) is 9.83. The van der Waals surface area contributed by atoms with E-state index in [1.807, 2.05) is 37.3 Å². The number of carbonyl (C=O) groups is 2. The Bertz CT molecular complexity index is 994. The number of benzene rings is 1. The van der Waals surface area contributed by atoms with Crippen molar-refractivity contribution >= 4 is 17.5 Å². The molecule has 0 saturated heterocycles. The van der Waals surface area contributed by atoms with Crippen molar-refractivity contribution in [2.24, 2.45) is 7.05 Å². The third-order valence-corrected chi connectivity index (χ3v) is 4.54. The van der Waals surface area contributed by atoms with E-state index in [2.05, 4.69) is 5.32 Å². The van der Waals surface area contributed by atoms with Crippen molar-refractivity contribution in [2.45, 2.75) is 19.9 Å². The lowest BCUT2D eigenvalue weighted by Gasteiger charge is -2.16. The highest BCUT2D eigenvalue weighted by Crippen LogP contribution is 2.08. The van der Waals surface area contributed by atoms with E-state index in [0.29, 0.717) is 11.4 Å². The zero-order valence-electron chi connectivity index (χ0n) is 17.0. The highest BCUT2D eigenvalue weighted by Gasteiger charge is 2.24. The number of nitrogens with zero attached hydrogens (tertiary/aromatic N) is 2. The number of carbonyl (C=O) groups excluding carboxylic acids is 2. The molecule has 9 nitrogen and oxygen atoms in total. The number of aromatic nitrogens is 2. The molecular weight excluding hydrogens is 374 g/mol. The molecule has 1 aromatic heterocycles. The number of amides is 1. The summed E-state index contributed by atoms with van der Waals surface area (Å²) < 4.78 is 2.10. The van der Waals surface area contributed by atoms with Gasteiger partial charge in [-0.3, -0.25) is 23.5 Å². The van der Waals surface area contributed by atoms with E-state index in [1.54, 1.807) is 7.05 Å². The fourth-order valence-corrected chi connectivity index (χ4v) is 2.99. The molecule has 0 radical (unpaired) electrons. The molecule has 2 aromatic rings. The Kier molecular flexibility index (Phi) is 7.49. The van der Waals surface area contributed by atoms with Gasteiger partial charge in [0.2, 0.25) is 5.78 Å². The molecule has 1 atom stereocenters. The number of likely N-dealkylation sites (N-methyl/N-ethyl adjacent to an activating group) is 1. The zero-order valence-corrected chi connectivity index (χ0v) is 17.0. The van der Waals surface area contributed by atoms with E-state index in [-0.39, 0.29) is 36.9 Å². The maximum atomic E-state index is 12.8. The summed E-state index contributed by atoms with van der Waals surface area (Å²) in [7, 11) is 3.00. The number of rotatable bonds is 9. The summed E-state index contributed by atoms with van der Waals surface area (Å²) in [6.45, 7) is 2.65. The molecule has 1 amide bonds. The molecule has 2 rings (SSSR count). The average molecular weight is 402 g/mol. The lowest BCUT2D eigenvalue weighted by atomic mass is 10.1. The van der Waals surface area contributed by atoms with Crippen LogP contribution in [0.4, 0.5) is 5.82 Å². The summed E-state index contributed by atoms with van der Waals surface area (Å²) in [5, 5.41) is 2.74. The molecule has 1 heterocycles. The number of ketones is 1. The second-order valence-corrected chi connectivity index (χ2v) is 7.06. The van der Waals surface area contributed by atoms with Crippen LogP contribution >= 0.6 is 0 Å². The molecule has 0 aliphatic rings. The number of hydrogen-bond acceptors (Lipinski definition) is 5. The van der Waals surface area contributed by atoms with E-state index < -0.39 is 17.0 Å². The van der Waals surface area contributed by atoms with Crippen molar-refractivity contribution in [3.8, 4) is 0 Å². The molecule has 0 spiro atoms. The molecule has 0 bridgehead atoms. The first-order valence-electron chi connectivity index (χ1n) is 9.50. The summed E-state index contributed by atoms with van der Waals surface area (Å²) >= 11 is 0. The highest BCUT2D eigenvalue weighted by molar-refractivity contribution is 6.00. The Hall–Kier alpha value is -3.20. The molecule has 156 valence electrons. The SMILES string of the molecule is CCCNC(=O)C[NH+](C)CC(=O)c1c(N)n(Cc2ccccc2)c(=O)n(C)c1=O. The lowest BCUT2D eigenvalue weighted by Crippen LogP contribution is -3.11. The van der Waals surface area contributed by atoms with E-state index in [4.69, 9.17) is 5.73 Å². The minimum absolute atomic E-state index is 0.0929. The number of nitrogens with one attached hydrogen (secondary N) is 2. The average Bonchev–Trinajstić information content (AvgIpc) is 2.68. The molecule has 1 unspecified atom stereocenters. The van der Waals surface area contributed by atoms with Gasteiger partial charge in [-0.2, -0.15) is 0 Å². The first-order chi connectivity index (χ1) is 13.8. The fourth-order valence-electron chi connectivity index (χ4n) is 2.99. The minimum atomic E-state index is -0.731. The van der Waals surface area contributed by atoms with Crippen LogP contribution in [0, 0.1) is 0 Å². The number of nitrogen functional groups attached to an aromatic ring is 1. The minimum Gasteiger partial charge on any atom is -0.384 e. The van der Waals surface area contributed by atoms with Gasteiger partial charge in [0.05, 0.1) is 13.6 Å². The molecule has 1 aromatic carbocycles. The summed E-state index contributed by atoms with van der Waals surface area (Å²) in [6, 6.07) is 9.15. The Morgan fingerprint density at radius 3 is 2.41 bits per heavy atom. The fraction of sp³-hybridized carbons (Fsp3) is 0.400. The third kappa shape index (κ3) is 5.41. The Morgan fingerprint density at radius 2 is 1.79 bits per heavy atom. The van der Waals surface area contributed by atoms with Crippen LogP contribution in [0.25, 0.3) is 0 Å². The quantitative estimate of drug-likeness (QED) is 0.437. The number of nitrogens with two attached hydrogens (primary N) is 1. The van der Waals surface area contributed by atoms with E-state index >= 15 is 0 Å². The molecule has 4 N–H and O–H groups in total. The second-order valence-electron chi connectivity index (χ2n) is 7.06. The van der Waals surface area contributed by atoms with Crippen LogP contribution in [-0.4, -0.2) is 47.5 Å². The van der Waals surface area contributed by atoms with Crippen LogP contribution in [0.2, 0.25) is 0 Å². The Labute approximate surface area is 168 Å². The molecule has 0 fully saturated rings. The first-order valence-corrected chi connectivity index (χ1v) is 9.50. The van der Waals surface area contributed by atoms with Crippen molar-refractivity contribution in [2.75, 3.05) is 32.4 Å². The maximum Gasteiger partial charge on any atom is 0.332 e. The van der Waals surface area contributed by atoms with E-state index in [0.717, 1.165) is 16.6 Å². The van der Waals surface area contributed by atoms with Crippen molar-refractivity contribution in [3.63, 3.8) is 0 Å². The number of Topliss-reactive ketones (excluding diaryl/α,β-unsaturated/α-hetero) is 1. The zero-order chi connectivity index (χ0) is 21.6. The summed E-state index contributed by atoms with van der Waals surface area (Å²) in [4.78, 5) is 50.4. The van der Waals surface area contributed by atoms with Crippen LogP contribution < -0.4 is 27.2 Å². The van der Waals surface area contributed by atoms with Gasteiger partial charge in [0.25, 0.3) is 11.5 Å². The first kappa shape index (κ1) is 22.1. The Morgan fingerprint density at radius 1 is 1.14 bits per heavy atom. The van der Waals surface area contributed by atoms with Crippen LogP contribution in [-0.2, 0) is 18.4 Å². The topological polar surface area (TPSA) is 121 Å². The number of anilines is 1. The van der Waals surface area contributed by atoms with Gasteiger partial charge < -0.3 is 16.0 Å². The predicted octanol–water partition coefficient (Wildman–Crippen LogP) is -1.60. The maximum absolute atomic E-state index is 12.8. The molecule has 0 aliphatic heterocycles. The van der Waals surface area contributed by atoms with Crippen molar-refractivity contribution in [3.05, 3.63) is 62.3 Å². The molecular formula is C20H28N5O4+. The Balaban J connectivity index is 2.30. The van der Waals surface area contributed by atoms with Gasteiger partial charge in [0, 0.05) is 13.6 Å². The van der Waals surface area contributed by atoms with Crippen LogP contribution in [0.5, 0.6) is 0 Å². The molecule has 9 heteroatoms. The van der Waals surface area contributed by atoms with Crippen molar-refractivity contribution < 1.29 is 14.5 Å². The van der Waals surface area contributed by atoms with E-state index in [1.165, 1.54) is 11.6 Å². The van der Waals surface area contributed by atoms with Gasteiger partial charge >= 0.3 is 5.69 Å². The summed E-state index contributed by atoms with van der Waals surface area (Å²) in [5.41, 5.74) is 5.35. The molecule has 0 saturated carbocycles. The number of hydrogen-bond donors (Lipinski definition) is 3. The van der Waals surface area contributed by atoms with Crippen molar-refractivity contribution in [1.82, 2.24) is 14.5 Å². The molecule has 0 aliphatic carbocycles. The number of quaternary nitrogens is 1. The van der Waals surface area contributed by atoms with Gasteiger partial charge in [-0.25, -0.2) is 4.79 Å². The van der Waals surface area contributed by atoms with Crippen molar-refractivity contribution in [1.29, 1.82) is 0 Å². The third-order valence-electron chi connectivity index (χ3n) is 4.54. The van der Waals surface area contributed by atoms with Gasteiger partial charge in [-0.1, -0.05) is 37.3 Å². The molecule has 29 heavy (non-hydrogen) atoms. The van der Waals surface area contributed by atoms with Gasteiger partial charge in [-0.15, -0.1) is 0 Å². The lowest BCUT2D eigenvalue weighted by molar-refractivity contribution is -0.862. The van der Waals surface area contributed by atoms with Gasteiger partial charge in [-0.05, 0) is 12.0 Å². The van der Waals surface area contributed by atoms with Gasteiger partial charge in [0.1, 0.15) is 17.9 Å². The standard InChI is InChI=1S/C20H27N5O4/c1-4-10-22-16(27)13-23(2)12-15(26)17-18(21)25(20(29)24(3)19(17)28)11-14-8-6-5-7-9-14/h5-9H,4,10-13,21H2,1-3H3,(H,22,27)/p+1. The predicted molar refractivity (Wildman–Crippen MR) is 110 cm³/mol. The van der Waals surface area contributed by atoms with Crippen LogP contribution in [0.1, 0.15) is 29.3 Å². The van der Waals surface area contributed by atoms with Gasteiger partial charge in [0.15, 0.2) is 6.54 Å². The normalized spacial score (nSPS) is 11.8. The van der Waals surface area contributed by atoms with Crippen LogP contribution in [0.3, 0.4) is 0 Å². The summed E-state index contributed by atoms with van der Waals surface area (Å²) in [5.74, 6) is -0.840. The smallest absolute Gasteiger partial charge is 0.332 e. The highest BCUT2D eigenvalue weighted by atomic mass is 16.2. The largest absolute Gasteiger partial charge is 0.384 e. The summed E-state index contributed by atoms with van der Waals surface area (Å²) in [6.07, 6.45) is 0.819. The van der Waals surface area contributed by atoms with E-state index in [9.17, 15) is 19.2 Å². The monoisotopic (exact) mass is 402 g/mol. The van der Waals surface area contributed by atoms with Crippen LogP contribution in [0.15, 0.2) is 39.9 Å².